The van der Waals surface area contributed by atoms with Crippen LogP contribution in [0.3, 0.4) is 0 Å². The highest BCUT2D eigenvalue weighted by Gasteiger charge is 2.22. The molecule has 0 heterocycles. The van der Waals surface area contributed by atoms with E-state index in [-0.39, 0.29) is 23.8 Å². The number of anilines is 1. The molecule has 1 atom stereocenters. The van der Waals surface area contributed by atoms with Crippen LogP contribution in [0.4, 0.5) is 5.69 Å². The molecule has 0 radical (unpaired) electrons. The van der Waals surface area contributed by atoms with Gasteiger partial charge in [-0.25, -0.2) is 0 Å². The monoisotopic (exact) mass is 408 g/mol. The average molecular weight is 409 g/mol. The van der Waals surface area contributed by atoms with Crippen molar-refractivity contribution in [2.75, 3.05) is 19.0 Å². The number of aryl methyl sites for hydroxylation is 1. The van der Waals surface area contributed by atoms with E-state index in [2.05, 4.69) is 10.6 Å². The van der Waals surface area contributed by atoms with Crippen LogP contribution in [0.15, 0.2) is 42.5 Å². The summed E-state index contributed by atoms with van der Waals surface area (Å²) in [6, 6.07) is 13.6. The molecule has 0 bridgehead atoms. The van der Waals surface area contributed by atoms with Gasteiger partial charge in [-0.1, -0.05) is 49.1 Å². The van der Waals surface area contributed by atoms with Crippen molar-refractivity contribution in [3.63, 3.8) is 0 Å². The first-order valence-electron chi connectivity index (χ1n) is 10.8. The highest BCUT2D eigenvalue weighted by Crippen LogP contribution is 2.28. The van der Waals surface area contributed by atoms with E-state index in [1.54, 1.807) is 13.2 Å². The number of rotatable bonds is 7. The average Bonchev–Trinajstić information content (AvgIpc) is 2.74. The Bertz CT molecular complexity index is 870. The molecule has 5 nitrogen and oxygen atoms in total. The summed E-state index contributed by atoms with van der Waals surface area (Å²) in [7, 11) is 1.61. The van der Waals surface area contributed by atoms with Crippen LogP contribution in [0, 0.1) is 12.8 Å². The van der Waals surface area contributed by atoms with Crippen molar-refractivity contribution in [1.82, 2.24) is 5.32 Å². The Hall–Kier alpha value is -2.66. The minimum absolute atomic E-state index is 0.0508. The van der Waals surface area contributed by atoms with Gasteiger partial charge in [0.05, 0.1) is 6.61 Å². The predicted molar refractivity (Wildman–Crippen MR) is 121 cm³/mol. The van der Waals surface area contributed by atoms with Gasteiger partial charge in [0.25, 0.3) is 5.91 Å². The fourth-order valence-corrected chi connectivity index (χ4v) is 3.95. The van der Waals surface area contributed by atoms with E-state index in [4.69, 9.17) is 4.74 Å². The molecule has 2 amide bonds. The number of carbonyl (C=O) groups excluding carboxylic acids is 2. The van der Waals surface area contributed by atoms with E-state index < -0.39 is 0 Å². The van der Waals surface area contributed by atoms with Gasteiger partial charge in [-0.2, -0.15) is 0 Å². The lowest BCUT2D eigenvalue weighted by Crippen LogP contribution is -2.35. The quantitative estimate of drug-likeness (QED) is 0.681. The van der Waals surface area contributed by atoms with Gasteiger partial charge in [-0.3, -0.25) is 9.59 Å². The highest BCUT2D eigenvalue weighted by molar-refractivity contribution is 5.99. The molecule has 0 aliphatic heterocycles. The van der Waals surface area contributed by atoms with E-state index in [0.717, 1.165) is 36.8 Å². The normalized spacial score (nSPS) is 15.4. The third-order valence-electron chi connectivity index (χ3n) is 5.62. The first-order chi connectivity index (χ1) is 14.5. The van der Waals surface area contributed by atoms with Crippen molar-refractivity contribution in [2.24, 2.45) is 5.92 Å². The molecule has 30 heavy (non-hydrogen) atoms. The maximum absolute atomic E-state index is 12.8. The van der Waals surface area contributed by atoms with E-state index in [0.29, 0.717) is 17.9 Å². The summed E-state index contributed by atoms with van der Waals surface area (Å²) in [5.74, 6) is -0.0719. The topological polar surface area (TPSA) is 67.4 Å². The Morgan fingerprint density at radius 3 is 2.40 bits per heavy atom. The molecule has 1 saturated carbocycles. The van der Waals surface area contributed by atoms with Crippen LogP contribution in [0.5, 0.6) is 0 Å². The number of carbonyl (C=O) groups is 2. The predicted octanol–water partition coefficient (Wildman–Crippen LogP) is 4.95. The third-order valence-corrected chi connectivity index (χ3v) is 5.62. The SMILES string of the molecule is COCC(C)NC(=O)c1cc(NC(=O)C2CCCCC2)cc(-c2ccc(C)cc2)c1. The minimum Gasteiger partial charge on any atom is -0.383 e. The summed E-state index contributed by atoms with van der Waals surface area (Å²) in [6.45, 7) is 4.38. The first kappa shape index (κ1) is 22.0. The molecule has 3 rings (SSSR count). The van der Waals surface area contributed by atoms with Gasteiger partial charge in [-0.05, 0) is 56.0 Å². The second kappa shape index (κ2) is 10.4. The van der Waals surface area contributed by atoms with E-state index in [1.165, 1.54) is 12.0 Å². The minimum atomic E-state index is -0.179. The van der Waals surface area contributed by atoms with Crippen LogP contribution in [-0.2, 0) is 9.53 Å². The molecular formula is C25H32N2O3. The van der Waals surface area contributed by atoms with Crippen molar-refractivity contribution in [2.45, 2.75) is 52.0 Å². The molecule has 1 aliphatic carbocycles. The van der Waals surface area contributed by atoms with Crippen molar-refractivity contribution < 1.29 is 14.3 Å². The molecule has 2 aromatic rings. The van der Waals surface area contributed by atoms with Crippen LogP contribution in [-0.4, -0.2) is 31.6 Å². The van der Waals surface area contributed by atoms with Crippen LogP contribution < -0.4 is 10.6 Å². The van der Waals surface area contributed by atoms with Crippen LogP contribution in [0.2, 0.25) is 0 Å². The molecule has 0 spiro atoms. The lowest BCUT2D eigenvalue weighted by atomic mass is 9.88. The number of methoxy groups -OCH3 is 1. The molecular weight excluding hydrogens is 376 g/mol. The zero-order valence-corrected chi connectivity index (χ0v) is 18.2. The summed E-state index contributed by atoms with van der Waals surface area (Å²) in [5, 5.41) is 6.02. The van der Waals surface area contributed by atoms with Crippen LogP contribution >= 0.6 is 0 Å². The van der Waals surface area contributed by atoms with Gasteiger partial charge in [0.1, 0.15) is 0 Å². The summed E-state index contributed by atoms with van der Waals surface area (Å²) < 4.78 is 5.12. The number of benzene rings is 2. The van der Waals surface area contributed by atoms with Gasteiger partial charge in [0.15, 0.2) is 0 Å². The van der Waals surface area contributed by atoms with Gasteiger partial charge < -0.3 is 15.4 Å². The van der Waals surface area contributed by atoms with E-state index >= 15 is 0 Å². The Balaban J connectivity index is 1.88. The molecule has 5 heteroatoms. The van der Waals surface area contributed by atoms with Gasteiger partial charge in [0, 0.05) is 30.3 Å². The smallest absolute Gasteiger partial charge is 0.251 e. The lowest BCUT2D eigenvalue weighted by Gasteiger charge is -2.21. The Morgan fingerprint density at radius 1 is 1.03 bits per heavy atom. The molecule has 0 aromatic heterocycles. The lowest BCUT2D eigenvalue weighted by molar-refractivity contribution is -0.120. The first-order valence-corrected chi connectivity index (χ1v) is 10.8. The van der Waals surface area contributed by atoms with Crippen molar-refractivity contribution in [3.8, 4) is 11.1 Å². The number of hydrogen-bond acceptors (Lipinski definition) is 3. The van der Waals surface area contributed by atoms with E-state index in [1.807, 2.05) is 50.2 Å². The highest BCUT2D eigenvalue weighted by atomic mass is 16.5. The largest absolute Gasteiger partial charge is 0.383 e. The molecule has 0 saturated heterocycles. The molecule has 160 valence electrons. The van der Waals surface area contributed by atoms with Gasteiger partial charge in [0.2, 0.25) is 5.91 Å². The summed E-state index contributed by atoms with van der Waals surface area (Å²) in [6.07, 6.45) is 5.28. The summed E-state index contributed by atoms with van der Waals surface area (Å²) >= 11 is 0. The standard InChI is InChI=1S/C25H32N2O3/c1-17-9-11-19(12-10-17)21-13-22(25(29)26-18(2)16-30-3)15-23(14-21)27-24(28)20-7-5-4-6-8-20/h9-15,18,20H,4-8,16H2,1-3H3,(H,26,29)(H,27,28). The van der Waals surface area contributed by atoms with Crippen molar-refractivity contribution in [1.29, 1.82) is 0 Å². The Kier molecular flexibility index (Phi) is 7.63. The molecule has 1 fully saturated rings. The van der Waals surface area contributed by atoms with E-state index in [9.17, 15) is 9.59 Å². The maximum Gasteiger partial charge on any atom is 0.251 e. The van der Waals surface area contributed by atoms with Crippen molar-refractivity contribution in [3.05, 3.63) is 53.6 Å². The molecule has 1 aliphatic rings. The third kappa shape index (κ3) is 5.92. The fraction of sp³-hybridized carbons (Fsp3) is 0.440. The second-order valence-electron chi connectivity index (χ2n) is 8.32. The van der Waals surface area contributed by atoms with Gasteiger partial charge >= 0.3 is 0 Å². The maximum atomic E-state index is 12.8. The second-order valence-corrected chi connectivity index (χ2v) is 8.32. The van der Waals surface area contributed by atoms with Crippen LogP contribution in [0.25, 0.3) is 11.1 Å². The molecule has 2 aromatic carbocycles. The number of ether oxygens (including phenoxy) is 1. The number of nitrogens with one attached hydrogen (secondary N) is 2. The molecule has 2 N–H and O–H groups in total. The number of amides is 2. The van der Waals surface area contributed by atoms with Crippen LogP contribution in [0.1, 0.15) is 54.9 Å². The number of hydrogen-bond donors (Lipinski definition) is 2. The van der Waals surface area contributed by atoms with Crippen molar-refractivity contribution >= 4 is 17.5 Å². The Morgan fingerprint density at radius 2 is 1.73 bits per heavy atom. The molecule has 1 unspecified atom stereocenters. The fourth-order valence-electron chi connectivity index (χ4n) is 3.95. The zero-order chi connectivity index (χ0) is 21.5. The summed E-state index contributed by atoms with van der Waals surface area (Å²) in [5.41, 5.74) is 4.27. The summed E-state index contributed by atoms with van der Waals surface area (Å²) in [4.78, 5) is 25.6. The van der Waals surface area contributed by atoms with Gasteiger partial charge in [-0.15, -0.1) is 0 Å². The zero-order valence-electron chi connectivity index (χ0n) is 18.2. The Labute approximate surface area is 179 Å².